The van der Waals surface area contributed by atoms with Crippen LogP contribution in [0.5, 0.6) is 0 Å². The van der Waals surface area contributed by atoms with Crippen LogP contribution in [-0.4, -0.2) is 43.1 Å². The zero-order valence-electron chi connectivity index (χ0n) is 11.3. The van der Waals surface area contributed by atoms with E-state index in [-0.39, 0.29) is 12.3 Å². The lowest BCUT2D eigenvalue weighted by atomic mass is 10.1. The van der Waals surface area contributed by atoms with Gasteiger partial charge in [-0.1, -0.05) is 17.3 Å². The number of rotatable bonds is 6. The van der Waals surface area contributed by atoms with Crippen molar-refractivity contribution in [1.29, 1.82) is 0 Å². The molecule has 2 rings (SSSR count). The zero-order valence-corrected chi connectivity index (χ0v) is 11.3. The molecule has 102 valence electrons. The fourth-order valence-electron chi connectivity index (χ4n) is 1.90. The molecule has 1 aromatic heterocycles. The van der Waals surface area contributed by atoms with Crippen LogP contribution in [0.1, 0.15) is 12.1 Å². The first-order valence-electron chi connectivity index (χ1n) is 6.41. The second-order valence-corrected chi connectivity index (χ2v) is 4.81. The number of nitrogens with zero attached hydrogens (tertiary/aromatic N) is 2. The maximum atomic E-state index is 11.8. The molecule has 5 nitrogen and oxygen atoms in total. The van der Waals surface area contributed by atoms with Crippen molar-refractivity contribution < 1.29 is 9.32 Å². The van der Waals surface area contributed by atoms with Gasteiger partial charge in [0.05, 0.1) is 6.42 Å². The van der Waals surface area contributed by atoms with Crippen LogP contribution >= 0.6 is 0 Å². The summed E-state index contributed by atoms with van der Waals surface area (Å²) in [6.07, 6.45) is 1.21. The number of hydrogen-bond acceptors (Lipinski definition) is 4. The minimum Gasteiger partial charge on any atom is -0.356 e. The first-order chi connectivity index (χ1) is 9.16. The summed E-state index contributed by atoms with van der Waals surface area (Å²) in [4.78, 5) is 13.9. The summed E-state index contributed by atoms with van der Waals surface area (Å²) < 4.78 is 5.17. The SMILES string of the molecule is CN(C)CCCNC(=O)Cc1noc2ccccc12. The number of para-hydroxylation sites is 1. The van der Waals surface area contributed by atoms with E-state index in [1.54, 1.807) is 0 Å². The number of amides is 1. The summed E-state index contributed by atoms with van der Waals surface area (Å²) in [6.45, 7) is 1.65. The minimum atomic E-state index is -0.0159. The number of nitrogens with one attached hydrogen (secondary N) is 1. The van der Waals surface area contributed by atoms with Crippen molar-refractivity contribution in [3.8, 4) is 0 Å². The number of carbonyl (C=O) groups excluding carboxylic acids is 1. The Morgan fingerprint density at radius 2 is 2.16 bits per heavy atom. The van der Waals surface area contributed by atoms with Gasteiger partial charge in [0.25, 0.3) is 0 Å². The highest BCUT2D eigenvalue weighted by atomic mass is 16.5. The largest absolute Gasteiger partial charge is 0.356 e. The molecular weight excluding hydrogens is 242 g/mol. The summed E-state index contributed by atoms with van der Waals surface area (Å²) in [5, 5.41) is 7.75. The fourth-order valence-corrected chi connectivity index (χ4v) is 1.90. The molecule has 0 unspecified atom stereocenters. The minimum absolute atomic E-state index is 0.0159. The molecule has 5 heteroatoms. The second-order valence-electron chi connectivity index (χ2n) is 4.81. The van der Waals surface area contributed by atoms with Crippen molar-refractivity contribution in [2.24, 2.45) is 0 Å². The number of aromatic nitrogens is 1. The topological polar surface area (TPSA) is 58.4 Å². The molecular formula is C14H19N3O2. The van der Waals surface area contributed by atoms with E-state index >= 15 is 0 Å². The van der Waals surface area contributed by atoms with Crippen LogP contribution < -0.4 is 5.32 Å². The van der Waals surface area contributed by atoms with Crippen molar-refractivity contribution in [2.45, 2.75) is 12.8 Å². The summed E-state index contributed by atoms with van der Waals surface area (Å²) in [6, 6.07) is 7.57. The molecule has 0 atom stereocenters. The third-order valence-electron chi connectivity index (χ3n) is 2.88. The molecule has 0 aliphatic rings. The van der Waals surface area contributed by atoms with Gasteiger partial charge in [-0.25, -0.2) is 0 Å². The summed E-state index contributed by atoms with van der Waals surface area (Å²) >= 11 is 0. The van der Waals surface area contributed by atoms with Gasteiger partial charge in [0.1, 0.15) is 5.69 Å². The molecule has 1 N–H and O–H groups in total. The van der Waals surface area contributed by atoms with E-state index in [1.807, 2.05) is 38.4 Å². The van der Waals surface area contributed by atoms with Gasteiger partial charge in [-0.2, -0.15) is 0 Å². The molecule has 0 saturated carbocycles. The predicted molar refractivity (Wildman–Crippen MR) is 73.9 cm³/mol. The van der Waals surface area contributed by atoms with Gasteiger partial charge < -0.3 is 14.7 Å². The lowest BCUT2D eigenvalue weighted by Gasteiger charge is -2.09. The van der Waals surface area contributed by atoms with Gasteiger partial charge in [-0.05, 0) is 39.2 Å². The maximum Gasteiger partial charge on any atom is 0.226 e. The Hall–Kier alpha value is -1.88. The maximum absolute atomic E-state index is 11.8. The van der Waals surface area contributed by atoms with Crippen LogP contribution in [0.25, 0.3) is 11.0 Å². The third kappa shape index (κ3) is 3.79. The molecule has 0 fully saturated rings. The van der Waals surface area contributed by atoms with E-state index in [0.717, 1.165) is 23.9 Å². The average molecular weight is 261 g/mol. The van der Waals surface area contributed by atoms with Gasteiger partial charge in [-0.3, -0.25) is 4.79 Å². The number of carbonyl (C=O) groups is 1. The number of hydrogen-bond donors (Lipinski definition) is 1. The lowest BCUT2D eigenvalue weighted by molar-refractivity contribution is -0.120. The van der Waals surface area contributed by atoms with E-state index in [0.29, 0.717) is 12.2 Å². The first kappa shape index (κ1) is 13.5. The van der Waals surface area contributed by atoms with E-state index in [2.05, 4.69) is 15.4 Å². The molecule has 0 spiro atoms. The second kappa shape index (κ2) is 6.33. The molecule has 0 radical (unpaired) electrons. The molecule has 0 aliphatic carbocycles. The molecule has 0 saturated heterocycles. The lowest BCUT2D eigenvalue weighted by Crippen LogP contribution is -2.28. The molecule has 1 amide bonds. The van der Waals surface area contributed by atoms with Gasteiger partial charge in [-0.15, -0.1) is 0 Å². The van der Waals surface area contributed by atoms with Gasteiger partial charge in [0.2, 0.25) is 5.91 Å². The third-order valence-corrected chi connectivity index (χ3v) is 2.88. The van der Waals surface area contributed by atoms with Gasteiger partial charge in [0, 0.05) is 11.9 Å². The smallest absolute Gasteiger partial charge is 0.226 e. The average Bonchev–Trinajstić information content (AvgIpc) is 2.78. The van der Waals surface area contributed by atoms with Crippen LogP contribution in [-0.2, 0) is 11.2 Å². The standard InChI is InChI=1S/C14H19N3O2/c1-17(2)9-5-8-15-14(18)10-12-11-6-3-4-7-13(11)19-16-12/h3-4,6-7H,5,8-10H2,1-2H3,(H,15,18). The first-order valence-corrected chi connectivity index (χ1v) is 6.41. The van der Waals surface area contributed by atoms with Crippen LogP contribution in [0.2, 0.25) is 0 Å². The fraction of sp³-hybridized carbons (Fsp3) is 0.429. The van der Waals surface area contributed by atoms with Crippen molar-refractivity contribution in [3.63, 3.8) is 0 Å². The van der Waals surface area contributed by atoms with Crippen molar-refractivity contribution in [2.75, 3.05) is 27.2 Å². The molecule has 1 heterocycles. The molecule has 0 aliphatic heterocycles. The van der Waals surface area contributed by atoms with E-state index < -0.39 is 0 Å². The normalized spacial score (nSPS) is 11.1. The Morgan fingerprint density at radius 3 is 2.95 bits per heavy atom. The Morgan fingerprint density at radius 1 is 1.37 bits per heavy atom. The van der Waals surface area contributed by atoms with Crippen LogP contribution in [0.15, 0.2) is 28.8 Å². The van der Waals surface area contributed by atoms with Gasteiger partial charge in [0.15, 0.2) is 5.58 Å². The van der Waals surface area contributed by atoms with Crippen LogP contribution in [0.4, 0.5) is 0 Å². The summed E-state index contributed by atoms with van der Waals surface area (Å²) in [5.41, 5.74) is 1.42. The Kier molecular flexibility index (Phi) is 4.52. The summed E-state index contributed by atoms with van der Waals surface area (Å²) in [5.74, 6) is -0.0159. The number of benzene rings is 1. The Balaban J connectivity index is 1.85. The molecule has 19 heavy (non-hydrogen) atoms. The highest BCUT2D eigenvalue weighted by Gasteiger charge is 2.11. The van der Waals surface area contributed by atoms with Crippen molar-refractivity contribution >= 4 is 16.9 Å². The van der Waals surface area contributed by atoms with Crippen molar-refractivity contribution in [1.82, 2.24) is 15.4 Å². The van der Waals surface area contributed by atoms with Gasteiger partial charge >= 0.3 is 0 Å². The van der Waals surface area contributed by atoms with E-state index in [9.17, 15) is 4.79 Å². The predicted octanol–water partition coefficient (Wildman–Crippen LogP) is 1.44. The quantitative estimate of drug-likeness (QED) is 0.799. The van der Waals surface area contributed by atoms with E-state index in [4.69, 9.17) is 4.52 Å². The molecule has 0 bridgehead atoms. The van der Waals surface area contributed by atoms with E-state index in [1.165, 1.54) is 0 Å². The molecule has 2 aromatic rings. The highest BCUT2D eigenvalue weighted by molar-refractivity contribution is 5.86. The Labute approximate surface area is 112 Å². The monoisotopic (exact) mass is 261 g/mol. The summed E-state index contributed by atoms with van der Waals surface area (Å²) in [7, 11) is 4.03. The Bertz CT molecular complexity index is 548. The number of fused-ring (bicyclic) bond motifs is 1. The van der Waals surface area contributed by atoms with Crippen LogP contribution in [0, 0.1) is 0 Å². The zero-order chi connectivity index (χ0) is 13.7. The van der Waals surface area contributed by atoms with Crippen LogP contribution in [0.3, 0.4) is 0 Å². The molecule has 1 aromatic carbocycles. The van der Waals surface area contributed by atoms with Crippen molar-refractivity contribution in [3.05, 3.63) is 30.0 Å². The highest BCUT2D eigenvalue weighted by Crippen LogP contribution is 2.17.